The van der Waals surface area contributed by atoms with E-state index in [0.717, 1.165) is 25.7 Å². The van der Waals surface area contributed by atoms with Gasteiger partial charge in [-0.15, -0.1) is 0 Å². The Kier molecular flexibility index (Phi) is 2.00. The molecular formula is C9H12N6O. The van der Waals surface area contributed by atoms with Gasteiger partial charge in [0.15, 0.2) is 11.5 Å². The number of aromatic nitrogens is 5. The number of H-pyrrole nitrogens is 1. The molecule has 2 aromatic rings. The van der Waals surface area contributed by atoms with E-state index in [2.05, 4.69) is 25.6 Å². The van der Waals surface area contributed by atoms with Gasteiger partial charge >= 0.3 is 0 Å². The van der Waals surface area contributed by atoms with E-state index in [-0.39, 0.29) is 0 Å². The fourth-order valence-electron chi connectivity index (χ4n) is 2.06. The van der Waals surface area contributed by atoms with Crippen LogP contribution < -0.4 is 5.73 Å². The zero-order valence-corrected chi connectivity index (χ0v) is 8.68. The molecule has 0 aromatic carbocycles. The highest BCUT2D eigenvalue weighted by molar-refractivity contribution is 5.43. The fraction of sp³-hybridized carbons (Fsp3) is 0.556. The summed E-state index contributed by atoms with van der Waals surface area (Å²) in [7, 11) is 0. The Morgan fingerprint density at radius 1 is 1.38 bits per heavy atom. The normalized spacial score (nSPS) is 19.1. The quantitative estimate of drug-likeness (QED) is 0.766. The van der Waals surface area contributed by atoms with Crippen molar-refractivity contribution in [1.82, 2.24) is 25.6 Å². The Morgan fingerprint density at radius 2 is 2.19 bits per heavy atom. The van der Waals surface area contributed by atoms with Crippen LogP contribution in [0.2, 0.25) is 0 Å². The van der Waals surface area contributed by atoms with Gasteiger partial charge in [-0.2, -0.15) is 20.4 Å². The van der Waals surface area contributed by atoms with Crippen LogP contribution in [0.5, 0.6) is 0 Å². The van der Waals surface area contributed by atoms with Gasteiger partial charge in [-0.25, -0.2) is 0 Å². The first-order valence-electron chi connectivity index (χ1n) is 5.27. The van der Waals surface area contributed by atoms with Crippen LogP contribution in [0.4, 0.5) is 0 Å². The zero-order chi connectivity index (χ0) is 11.0. The van der Waals surface area contributed by atoms with Crippen LogP contribution in [0.25, 0.3) is 11.6 Å². The molecular weight excluding hydrogens is 208 g/mol. The monoisotopic (exact) mass is 220 g/mol. The number of nitrogens with two attached hydrogens (primary N) is 1. The second-order valence-electron chi connectivity index (χ2n) is 4.14. The van der Waals surface area contributed by atoms with E-state index in [1.807, 2.05) is 0 Å². The Hall–Kier alpha value is -1.76. The SMILES string of the molecule is NC1(c2noc(-c3cn[nH]n3)n2)CCCC1. The van der Waals surface area contributed by atoms with Gasteiger partial charge in [0.2, 0.25) is 0 Å². The van der Waals surface area contributed by atoms with E-state index in [1.54, 1.807) is 0 Å². The molecule has 0 atom stereocenters. The predicted molar refractivity (Wildman–Crippen MR) is 54.0 cm³/mol. The molecule has 3 N–H and O–H groups in total. The van der Waals surface area contributed by atoms with Crippen LogP contribution in [-0.4, -0.2) is 25.6 Å². The summed E-state index contributed by atoms with van der Waals surface area (Å²) in [5.41, 5.74) is 6.34. The minimum absolute atomic E-state index is 0.362. The Bertz CT molecular complexity index is 470. The molecule has 7 heteroatoms. The molecule has 2 heterocycles. The Morgan fingerprint density at radius 3 is 2.88 bits per heavy atom. The highest BCUT2D eigenvalue weighted by Crippen LogP contribution is 2.35. The first-order chi connectivity index (χ1) is 7.78. The molecule has 0 bridgehead atoms. The highest BCUT2D eigenvalue weighted by Gasteiger charge is 2.36. The third-order valence-electron chi connectivity index (χ3n) is 3.00. The van der Waals surface area contributed by atoms with E-state index < -0.39 is 5.54 Å². The van der Waals surface area contributed by atoms with Gasteiger partial charge in [0, 0.05) is 0 Å². The van der Waals surface area contributed by atoms with Crippen molar-refractivity contribution in [3.8, 4) is 11.6 Å². The first-order valence-corrected chi connectivity index (χ1v) is 5.27. The minimum atomic E-state index is -0.425. The molecule has 1 aliphatic carbocycles. The summed E-state index contributed by atoms with van der Waals surface area (Å²) in [4.78, 5) is 4.28. The van der Waals surface area contributed by atoms with Gasteiger partial charge in [-0.05, 0) is 12.8 Å². The van der Waals surface area contributed by atoms with Crippen molar-refractivity contribution in [2.45, 2.75) is 31.2 Å². The molecule has 0 amide bonds. The third-order valence-corrected chi connectivity index (χ3v) is 3.00. The van der Waals surface area contributed by atoms with Crippen LogP contribution in [0.1, 0.15) is 31.5 Å². The van der Waals surface area contributed by atoms with Gasteiger partial charge in [0.1, 0.15) is 0 Å². The van der Waals surface area contributed by atoms with E-state index in [1.165, 1.54) is 6.20 Å². The van der Waals surface area contributed by atoms with E-state index in [9.17, 15) is 0 Å². The summed E-state index contributed by atoms with van der Waals surface area (Å²) in [5.74, 6) is 0.934. The van der Waals surface area contributed by atoms with Gasteiger partial charge in [-0.1, -0.05) is 18.0 Å². The molecule has 1 aliphatic rings. The molecule has 0 saturated heterocycles. The van der Waals surface area contributed by atoms with Crippen molar-refractivity contribution in [3.05, 3.63) is 12.0 Å². The minimum Gasteiger partial charge on any atom is -0.332 e. The second kappa shape index (κ2) is 3.38. The molecule has 1 saturated carbocycles. The maximum absolute atomic E-state index is 6.22. The van der Waals surface area contributed by atoms with Gasteiger partial charge in [0.05, 0.1) is 11.7 Å². The van der Waals surface area contributed by atoms with Crippen LogP contribution in [0.3, 0.4) is 0 Å². The largest absolute Gasteiger partial charge is 0.332 e. The van der Waals surface area contributed by atoms with Gasteiger partial charge < -0.3 is 10.3 Å². The number of nitrogens with zero attached hydrogens (tertiary/aromatic N) is 4. The van der Waals surface area contributed by atoms with Gasteiger partial charge in [-0.3, -0.25) is 0 Å². The van der Waals surface area contributed by atoms with Crippen molar-refractivity contribution in [2.24, 2.45) is 5.73 Å². The number of hydrogen-bond acceptors (Lipinski definition) is 6. The van der Waals surface area contributed by atoms with Crippen LogP contribution in [0.15, 0.2) is 10.7 Å². The first kappa shape index (κ1) is 9.46. The van der Waals surface area contributed by atoms with Crippen LogP contribution in [0, 0.1) is 0 Å². The molecule has 3 rings (SSSR count). The maximum atomic E-state index is 6.22. The summed E-state index contributed by atoms with van der Waals surface area (Å²) in [6.45, 7) is 0. The molecule has 0 radical (unpaired) electrons. The van der Waals surface area contributed by atoms with E-state index in [0.29, 0.717) is 17.4 Å². The molecule has 0 unspecified atom stereocenters. The molecule has 7 nitrogen and oxygen atoms in total. The molecule has 84 valence electrons. The van der Waals surface area contributed by atoms with E-state index >= 15 is 0 Å². The molecule has 2 aromatic heterocycles. The Labute approximate surface area is 91.4 Å². The summed E-state index contributed by atoms with van der Waals surface area (Å²) < 4.78 is 5.12. The van der Waals surface area contributed by atoms with Gasteiger partial charge in [0.25, 0.3) is 5.89 Å². The van der Waals surface area contributed by atoms with E-state index in [4.69, 9.17) is 10.3 Å². The number of aromatic amines is 1. The summed E-state index contributed by atoms with van der Waals surface area (Å²) in [6, 6.07) is 0. The Balaban J connectivity index is 1.93. The van der Waals surface area contributed by atoms with Crippen molar-refractivity contribution < 1.29 is 4.52 Å². The average Bonchev–Trinajstić information content (AvgIpc) is 2.98. The van der Waals surface area contributed by atoms with Crippen molar-refractivity contribution in [3.63, 3.8) is 0 Å². The lowest BCUT2D eigenvalue weighted by molar-refractivity contribution is 0.372. The van der Waals surface area contributed by atoms with Crippen molar-refractivity contribution in [2.75, 3.05) is 0 Å². The van der Waals surface area contributed by atoms with Crippen molar-refractivity contribution >= 4 is 0 Å². The van der Waals surface area contributed by atoms with Crippen molar-refractivity contribution in [1.29, 1.82) is 0 Å². The summed E-state index contributed by atoms with van der Waals surface area (Å²) in [5, 5.41) is 14.0. The average molecular weight is 220 g/mol. The lowest BCUT2D eigenvalue weighted by Gasteiger charge is -2.17. The maximum Gasteiger partial charge on any atom is 0.280 e. The highest BCUT2D eigenvalue weighted by atomic mass is 16.5. The number of hydrogen-bond donors (Lipinski definition) is 2. The lowest BCUT2D eigenvalue weighted by Crippen LogP contribution is -2.34. The predicted octanol–water partition coefficient (Wildman–Crippen LogP) is 0.583. The molecule has 0 spiro atoms. The van der Waals surface area contributed by atoms with Crippen LogP contribution >= 0.6 is 0 Å². The number of nitrogens with one attached hydrogen (secondary N) is 1. The smallest absolute Gasteiger partial charge is 0.280 e. The van der Waals surface area contributed by atoms with Crippen LogP contribution in [-0.2, 0) is 5.54 Å². The molecule has 1 fully saturated rings. The fourth-order valence-corrected chi connectivity index (χ4v) is 2.06. The molecule has 16 heavy (non-hydrogen) atoms. The summed E-state index contributed by atoms with van der Waals surface area (Å²) >= 11 is 0. The number of rotatable bonds is 2. The standard InChI is InChI=1S/C9H12N6O/c10-9(3-1-2-4-9)8-12-7(16-14-8)6-5-11-15-13-6/h5H,1-4,10H2,(H,11,13,15). The zero-order valence-electron chi connectivity index (χ0n) is 8.68. The molecule has 0 aliphatic heterocycles. The third kappa shape index (κ3) is 1.40. The summed E-state index contributed by atoms with van der Waals surface area (Å²) in [6.07, 6.45) is 5.58. The second-order valence-corrected chi connectivity index (χ2v) is 4.14. The topological polar surface area (TPSA) is 107 Å². The lowest BCUT2D eigenvalue weighted by atomic mass is 9.99.